The highest BCUT2D eigenvalue weighted by molar-refractivity contribution is 14.0. The first kappa shape index (κ1) is 22.4. The van der Waals surface area contributed by atoms with Gasteiger partial charge >= 0.3 is 0 Å². The van der Waals surface area contributed by atoms with Crippen LogP contribution in [0.2, 0.25) is 0 Å². The van der Waals surface area contributed by atoms with Crippen LogP contribution >= 0.6 is 24.0 Å². The van der Waals surface area contributed by atoms with E-state index in [1.807, 2.05) is 7.05 Å². The van der Waals surface area contributed by atoms with Crippen LogP contribution < -0.4 is 10.6 Å². The molecule has 3 rings (SSSR count). The fourth-order valence-electron chi connectivity index (χ4n) is 3.92. The van der Waals surface area contributed by atoms with Gasteiger partial charge in [-0.1, -0.05) is 30.3 Å². The SMILES string of the molecule is CN=C(NCC1CCN(CCc2ccccc2)C1)NCC1(C)CCCO1.I. The Balaban J connectivity index is 0.00000261. The number of nitrogens with one attached hydrogen (secondary N) is 2. The van der Waals surface area contributed by atoms with Crippen molar-refractivity contribution in [3.8, 4) is 0 Å². The van der Waals surface area contributed by atoms with Crippen molar-refractivity contribution in [2.45, 2.75) is 38.2 Å². The van der Waals surface area contributed by atoms with E-state index in [1.54, 1.807) is 0 Å². The Bertz CT molecular complexity index is 575. The third kappa shape index (κ3) is 7.23. The van der Waals surface area contributed by atoms with Crippen LogP contribution in [-0.4, -0.2) is 62.8 Å². The minimum atomic E-state index is -0.0424. The summed E-state index contributed by atoms with van der Waals surface area (Å²) >= 11 is 0. The number of hydrogen-bond donors (Lipinski definition) is 2. The molecule has 5 nitrogen and oxygen atoms in total. The molecule has 1 aromatic rings. The third-order valence-electron chi connectivity index (χ3n) is 5.64. The second-order valence-corrected chi connectivity index (χ2v) is 7.90. The van der Waals surface area contributed by atoms with Gasteiger partial charge in [0.1, 0.15) is 0 Å². The Morgan fingerprint density at radius 1 is 1.30 bits per heavy atom. The van der Waals surface area contributed by atoms with Crippen LogP contribution in [0.3, 0.4) is 0 Å². The molecule has 2 aliphatic heterocycles. The molecule has 6 heteroatoms. The number of likely N-dealkylation sites (tertiary alicyclic amines) is 1. The minimum Gasteiger partial charge on any atom is -0.373 e. The molecule has 0 saturated carbocycles. The second-order valence-electron chi connectivity index (χ2n) is 7.90. The van der Waals surface area contributed by atoms with Crippen LogP contribution in [0.5, 0.6) is 0 Å². The first-order chi connectivity index (χ1) is 12.7. The summed E-state index contributed by atoms with van der Waals surface area (Å²) in [7, 11) is 1.84. The van der Waals surface area contributed by atoms with Crippen molar-refractivity contribution in [1.29, 1.82) is 0 Å². The Morgan fingerprint density at radius 3 is 2.81 bits per heavy atom. The highest BCUT2D eigenvalue weighted by Gasteiger charge is 2.30. The lowest BCUT2D eigenvalue weighted by Gasteiger charge is -2.25. The number of rotatable bonds is 7. The lowest BCUT2D eigenvalue weighted by molar-refractivity contribution is 0.0242. The Labute approximate surface area is 181 Å². The number of hydrogen-bond acceptors (Lipinski definition) is 3. The van der Waals surface area contributed by atoms with Gasteiger partial charge in [-0.15, -0.1) is 24.0 Å². The fraction of sp³-hybridized carbons (Fsp3) is 0.667. The zero-order valence-corrected chi connectivity index (χ0v) is 19.1. The molecule has 0 spiro atoms. The lowest BCUT2D eigenvalue weighted by Crippen LogP contribution is -2.46. The summed E-state index contributed by atoms with van der Waals surface area (Å²) in [4.78, 5) is 6.95. The molecule has 0 aromatic heterocycles. The summed E-state index contributed by atoms with van der Waals surface area (Å²) in [6.07, 6.45) is 4.68. The highest BCUT2D eigenvalue weighted by atomic mass is 127. The van der Waals surface area contributed by atoms with Crippen LogP contribution in [0.15, 0.2) is 35.3 Å². The maximum absolute atomic E-state index is 5.84. The van der Waals surface area contributed by atoms with Crippen LogP contribution in [0.25, 0.3) is 0 Å². The van der Waals surface area contributed by atoms with Crippen molar-refractivity contribution in [3.05, 3.63) is 35.9 Å². The normalized spacial score (nSPS) is 26.0. The van der Waals surface area contributed by atoms with Crippen LogP contribution in [0.1, 0.15) is 31.7 Å². The predicted molar refractivity (Wildman–Crippen MR) is 123 cm³/mol. The highest BCUT2D eigenvalue weighted by Crippen LogP contribution is 2.23. The van der Waals surface area contributed by atoms with Gasteiger partial charge in [-0.3, -0.25) is 4.99 Å². The number of nitrogens with zero attached hydrogens (tertiary/aromatic N) is 2. The lowest BCUT2D eigenvalue weighted by atomic mass is 10.0. The van der Waals surface area contributed by atoms with E-state index in [0.29, 0.717) is 5.92 Å². The number of aliphatic imine (C=N–C) groups is 1. The van der Waals surface area contributed by atoms with Gasteiger partial charge in [0, 0.05) is 39.8 Å². The summed E-state index contributed by atoms with van der Waals surface area (Å²) in [5.41, 5.74) is 1.39. The standard InChI is InChI=1S/C21H34N4O.HI/c1-21(11-6-14-26-21)17-24-20(22-2)23-15-19-10-13-25(16-19)12-9-18-7-4-3-5-8-18;/h3-5,7-8,19H,6,9-17H2,1-2H3,(H2,22,23,24);1H. The van der Waals surface area contributed by atoms with Gasteiger partial charge in [0.2, 0.25) is 0 Å². The summed E-state index contributed by atoms with van der Waals surface area (Å²) in [6.45, 7) is 8.41. The van der Waals surface area contributed by atoms with E-state index in [1.165, 1.54) is 25.1 Å². The van der Waals surface area contributed by atoms with Gasteiger partial charge in [-0.25, -0.2) is 0 Å². The smallest absolute Gasteiger partial charge is 0.191 e. The molecular weight excluding hydrogens is 451 g/mol. The molecular formula is C21H35IN4O. The van der Waals surface area contributed by atoms with E-state index in [2.05, 4.69) is 57.8 Å². The Kier molecular flexibility index (Phi) is 9.32. The zero-order valence-electron chi connectivity index (χ0n) is 16.7. The van der Waals surface area contributed by atoms with E-state index in [4.69, 9.17) is 4.74 Å². The van der Waals surface area contributed by atoms with E-state index >= 15 is 0 Å². The summed E-state index contributed by atoms with van der Waals surface area (Å²) in [5.74, 6) is 1.59. The van der Waals surface area contributed by atoms with Crippen molar-refractivity contribution >= 4 is 29.9 Å². The molecule has 27 heavy (non-hydrogen) atoms. The largest absolute Gasteiger partial charge is 0.373 e. The maximum Gasteiger partial charge on any atom is 0.191 e. The van der Waals surface area contributed by atoms with Gasteiger partial charge in [-0.2, -0.15) is 0 Å². The molecule has 0 aliphatic carbocycles. The molecule has 1 aromatic carbocycles. The predicted octanol–water partition coefficient (Wildman–Crippen LogP) is 2.90. The van der Waals surface area contributed by atoms with Crippen LogP contribution in [0, 0.1) is 5.92 Å². The molecule has 2 saturated heterocycles. The number of ether oxygens (including phenoxy) is 1. The van der Waals surface area contributed by atoms with Gasteiger partial charge < -0.3 is 20.3 Å². The minimum absolute atomic E-state index is 0. The number of guanidine groups is 1. The average molecular weight is 486 g/mol. The molecule has 2 unspecified atom stereocenters. The van der Waals surface area contributed by atoms with Gasteiger partial charge in [0.05, 0.1) is 5.60 Å². The Morgan fingerprint density at radius 2 is 2.11 bits per heavy atom. The number of benzene rings is 1. The number of halogens is 1. The molecule has 0 amide bonds. The van der Waals surface area contributed by atoms with Crippen LogP contribution in [-0.2, 0) is 11.2 Å². The molecule has 2 fully saturated rings. The first-order valence-electron chi connectivity index (χ1n) is 10.0. The molecule has 2 atom stereocenters. The third-order valence-corrected chi connectivity index (χ3v) is 5.64. The van der Waals surface area contributed by atoms with Crippen molar-refractivity contribution < 1.29 is 4.74 Å². The van der Waals surface area contributed by atoms with E-state index in [0.717, 1.165) is 51.5 Å². The molecule has 2 N–H and O–H groups in total. The monoisotopic (exact) mass is 486 g/mol. The average Bonchev–Trinajstić information content (AvgIpc) is 3.30. The summed E-state index contributed by atoms with van der Waals surface area (Å²) in [5, 5.41) is 6.94. The van der Waals surface area contributed by atoms with Crippen molar-refractivity contribution in [2.75, 3.05) is 46.4 Å². The van der Waals surface area contributed by atoms with Crippen molar-refractivity contribution in [2.24, 2.45) is 10.9 Å². The van der Waals surface area contributed by atoms with E-state index in [-0.39, 0.29) is 29.6 Å². The topological polar surface area (TPSA) is 48.9 Å². The molecule has 152 valence electrons. The summed E-state index contributed by atoms with van der Waals surface area (Å²) < 4.78 is 5.84. The van der Waals surface area contributed by atoms with Gasteiger partial charge in [-0.05, 0) is 50.6 Å². The van der Waals surface area contributed by atoms with E-state index in [9.17, 15) is 0 Å². The molecule has 0 bridgehead atoms. The fourth-order valence-corrected chi connectivity index (χ4v) is 3.92. The quantitative estimate of drug-likeness (QED) is 0.354. The molecule has 2 aliphatic rings. The van der Waals surface area contributed by atoms with Crippen molar-refractivity contribution in [3.63, 3.8) is 0 Å². The van der Waals surface area contributed by atoms with Crippen LogP contribution in [0.4, 0.5) is 0 Å². The molecule has 2 heterocycles. The second kappa shape index (κ2) is 11.2. The van der Waals surface area contributed by atoms with Gasteiger partial charge in [0.15, 0.2) is 5.96 Å². The maximum atomic E-state index is 5.84. The van der Waals surface area contributed by atoms with Gasteiger partial charge in [0.25, 0.3) is 0 Å². The summed E-state index contributed by atoms with van der Waals surface area (Å²) in [6, 6.07) is 10.8. The van der Waals surface area contributed by atoms with E-state index < -0.39 is 0 Å². The van der Waals surface area contributed by atoms with Crippen molar-refractivity contribution in [1.82, 2.24) is 15.5 Å². The Hall–Kier alpha value is -0.860. The molecule has 0 radical (unpaired) electrons. The zero-order chi connectivity index (χ0) is 18.2. The first-order valence-corrected chi connectivity index (χ1v) is 10.0.